The third kappa shape index (κ3) is 6.62. The van der Waals surface area contributed by atoms with E-state index < -0.39 is 11.4 Å². The van der Waals surface area contributed by atoms with Crippen LogP contribution in [0.15, 0.2) is 12.4 Å². The summed E-state index contributed by atoms with van der Waals surface area (Å²) in [6.07, 6.45) is 5.84. The second-order valence-corrected chi connectivity index (χ2v) is 4.47. The molecule has 1 heterocycles. The SMILES string of the molecule is COCCN1C=CN(CCCCOS(=O)O)C1. The maximum absolute atomic E-state index is 10.2. The van der Waals surface area contributed by atoms with E-state index in [0.717, 1.165) is 39.2 Å². The van der Waals surface area contributed by atoms with Gasteiger partial charge in [0.1, 0.15) is 0 Å². The van der Waals surface area contributed by atoms with Crippen molar-refractivity contribution >= 4 is 11.4 Å². The first kappa shape index (κ1) is 14.4. The molecule has 0 radical (unpaired) electrons. The van der Waals surface area contributed by atoms with Crippen LogP contribution < -0.4 is 0 Å². The van der Waals surface area contributed by atoms with Crippen LogP contribution in [-0.2, 0) is 20.3 Å². The molecule has 1 atom stereocenters. The Morgan fingerprint density at radius 3 is 2.59 bits per heavy atom. The van der Waals surface area contributed by atoms with E-state index in [1.54, 1.807) is 7.11 Å². The monoisotopic (exact) mass is 264 g/mol. The van der Waals surface area contributed by atoms with Gasteiger partial charge in [0.05, 0.1) is 19.9 Å². The zero-order chi connectivity index (χ0) is 12.5. The molecule has 1 N–H and O–H groups in total. The number of hydrogen-bond acceptors (Lipinski definition) is 5. The normalized spacial score (nSPS) is 16.8. The molecule has 1 aliphatic heterocycles. The topological polar surface area (TPSA) is 62.2 Å². The van der Waals surface area contributed by atoms with E-state index in [-0.39, 0.29) is 0 Å². The van der Waals surface area contributed by atoms with Gasteiger partial charge in [-0.25, -0.2) is 0 Å². The van der Waals surface area contributed by atoms with Crippen molar-refractivity contribution < 1.29 is 17.7 Å². The number of nitrogens with zero attached hydrogens (tertiary/aromatic N) is 2. The fourth-order valence-electron chi connectivity index (χ4n) is 1.56. The molecule has 17 heavy (non-hydrogen) atoms. The maximum Gasteiger partial charge on any atom is 0.301 e. The molecule has 0 fully saturated rings. The molecule has 100 valence electrons. The van der Waals surface area contributed by atoms with E-state index in [2.05, 4.69) is 26.4 Å². The van der Waals surface area contributed by atoms with Gasteiger partial charge in [-0.1, -0.05) is 0 Å². The second kappa shape index (κ2) is 8.46. The Morgan fingerprint density at radius 2 is 1.94 bits per heavy atom. The first-order valence-electron chi connectivity index (χ1n) is 5.62. The van der Waals surface area contributed by atoms with Crippen molar-refractivity contribution in [2.45, 2.75) is 12.8 Å². The Balaban J connectivity index is 1.99. The van der Waals surface area contributed by atoms with Crippen LogP contribution in [0.25, 0.3) is 0 Å². The van der Waals surface area contributed by atoms with Gasteiger partial charge in [-0.15, -0.1) is 0 Å². The van der Waals surface area contributed by atoms with Crippen LogP contribution >= 0.6 is 0 Å². The highest BCUT2D eigenvalue weighted by Crippen LogP contribution is 2.07. The number of ether oxygens (including phenoxy) is 1. The first-order valence-corrected chi connectivity index (χ1v) is 6.65. The van der Waals surface area contributed by atoms with Crippen LogP contribution in [0.4, 0.5) is 0 Å². The molecule has 0 saturated heterocycles. The first-order chi connectivity index (χ1) is 8.22. The van der Waals surface area contributed by atoms with Crippen LogP contribution in [0, 0.1) is 0 Å². The molecule has 6 nitrogen and oxygen atoms in total. The average Bonchev–Trinajstić information content (AvgIpc) is 2.73. The van der Waals surface area contributed by atoms with E-state index in [4.69, 9.17) is 9.29 Å². The summed E-state index contributed by atoms with van der Waals surface area (Å²) in [6.45, 7) is 3.77. The molecule has 0 aliphatic carbocycles. The summed E-state index contributed by atoms with van der Waals surface area (Å²) in [6, 6.07) is 0. The van der Waals surface area contributed by atoms with Gasteiger partial charge in [0, 0.05) is 32.6 Å². The molecule has 0 aromatic heterocycles. The summed E-state index contributed by atoms with van der Waals surface area (Å²) in [4.78, 5) is 4.38. The molecular formula is C10H20N2O4S. The van der Waals surface area contributed by atoms with Crippen molar-refractivity contribution in [2.75, 3.05) is 40.1 Å². The van der Waals surface area contributed by atoms with E-state index in [0.29, 0.717) is 6.61 Å². The van der Waals surface area contributed by atoms with Crippen molar-refractivity contribution in [1.29, 1.82) is 0 Å². The lowest BCUT2D eigenvalue weighted by molar-refractivity contribution is 0.156. The Hall–Kier alpha value is -0.630. The van der Waals surface area contributed by atoms with Gasteiger partial charge in [0.15, 0.2) is 0 Å². The predicted octanol–water partition coefficient (Wildman–Crippen LogP) is 0.613. The molecule has 7 heteroatoms. The van der Waals surface area contributed by atoms with E-state index in [9.17, 15) is 4.21 Å². The van der Waals surface area contributed by atoms with Crippen LogP contribution in [-0.4, -0.2) is 58.6 Å². The molecule has 0 spiro atoms. The highest BCUT2D eigenvalue weighted by molar-refractivity contribution is 7.74. The van der Waals surface area contributed by atoms with Crippen LogP contribution in [0.3, 0.4) is 0 Å². The van der Waals surface area contributed by atoms with Gasteiger partial charge in [-0.05, 0) is 12.8 Å². The van der Waals surface area contributed by atoms with Crippen molar-refractivity contribution in [3.05, 3.63) is 12.4 Å². The zero-order valence-corrected chi connectivity index (χ0v) is 10.9. The number of unbranched alkanes of at least 4 members (excludes halogenated alkanes) is 1. The van der Waals surface area contributed by atoms with Crippen molar-refractivity contribution in [2.24, 2.45) is 0 Å². The molecule has 0 bridgehead atoms. The smallest absolute Gasteiger partial charge is 0.301 e. The van der Waals surface area contributed by atoms with Gasteiger partial charge < -0.3 is 14.5 Å². The van der Waals surface area contributed by atoms with Gasteiger partial charge in [-0.2, -0.15) is 4.21 Å². The fourth-order valence-corrected chi connectivity index (χ4v) is 1.82. The molecule has 1 unspecified atom stereocenters. The molecule has 1 rings (SSSR count). The summed E-state index contributed by atoms with van der Waals surface area (Å²) in [5, 5.41) is 0. The minimum Gasteiger partial charge on any atom is -0.383 e. The summed E-state index contributed by atoms with van der Waals surface area (Å²) in [5.41, 5.74) is 0. The largest absolute Gasteiger partial charge is 0.383 e. The lowest BCUT2D eigenvalue weighted by Crippen LogP contribution is -2.28. The van der Waals surface area contributed by atoms with Crippen LogP contribution in [0.5, 0.6) is 0 Å². The maximum atomic E-state index is 10.2. The third-order valence-electron chi connectivity index (χ3n) is 2.46. The molecule has 1 aliphatic rings. The standard InChI is InChI=1S/C10H20N2O4S/c1-15-9-7-12-6-5-11(10-12)4-2-3-8-16-17(13)14/h5-6H,2-4,7-10H2,1H3,(H,13,14). The Labute approximate surface area is 105 Å². The van der Waals surface area contributed by atoms with E-state index >= 15 is 0 Å². The predicted molar refractivity (Wildman–Crippen MR) is 65.3 cm³/mol. The number of methoxy groups -OCH3 is 1. The highest BCUT2D eigenvalue weighted by atomic mass is 32.2. The molecule has 0 aromatic carbocycles. The Bertz CT molecular complexity index is 263. The molecule has 0 amide bonds. The van der Waals surface area contributed by atoms with Gasteiger partial charge in [-0.3, -0.25) is 8.74 Å². The lowest BCUT2D eigenvalue weighted by Gasteiger charge is -2.20. The van der Waals surface area contributed by atoms with Crippen LogP contribution in [0.1, 0.15) is 12.8 Å². The van der Waals surface area contributed by atoms with Gasteiger partial charge in [0.2, 0.25) is 0 Å². The Morgan fingerprint density at radius 1 is 1.24 bits per heavy atom. The number of hydrogen-bond donors (Lipinski definition) is 1. The lowest BCUT2D eigenvalue weighted by atomic mass is 10.3. The van der Waals surface area contributed by atoms with Gasteiger partial charge in [0.25, 0.3) is 0 Å². The average molecular weight is 264 g/mol. The van der Waals surface area contributed by atoms with E-state index in [1.807, 2.05) is 0 Å². The minimum atomic E-state index is -2.13. The van der Waals surface area contributed by atoms with Crippen molar-refractivity contribution in [1.82, 2.24) is 9.80 Å². The van der Waals surface area contributed by atoms with Gasteiger partial charge >= 0.3 is 11.4 Å². The Kier molecular flexibility index (Phi) is 7.18. The van der Waals surface area contributed by atoms with Crippen LogP contribution in [0.2, 0.25) is 0 Å². The highest BCUT2D eigenvalue weighted by Gasteiger charge is 2.10. The minimum absolute atomic E-state index is 0.327. The second-order valence-electron chi connectivity index (χ2n) is 3.80. The summed E-state index contributed by atoms with van der Waals surface area (Å²) < 4.78 is 28.2. The quantitative estimate of drug-likeness (QED) is 0.486. The summed E-state index contributed by atoms with van der Waals surface area (Å²) >= 11 is -2.13. The molecule has 0 aromatic rings. The molecule has 0 saturated carbocycles. The van der Waals surface area contributed by atoms with E-state index in [1.165, 1.54) is 0 Å². The summed E-state index contributed by atoms with van der Waals surface area (Å²) in [5.74, 6) is 0. The third-order valence-corrected chi connectivity index (χ3v) is 2.83. The van der Waals surface area contributed by atoms with Crippen molar-refractivity contribution in [3.8, 4) is 0 Å². The fraction of sp³-hybridized carbons (Fsp3) is 0.800. The summed E-state index contributed by atoms with van der Waals surface area (Å²) in [7, 11) is 1.70. The zero-order valence-electron chi connectivity index (χ0n) is 10.1. The molecular weight excluding hydrogens is 244 g/mol. The number of rotatable bonds is 9. The van der Waals surface area contributed by atoms with Crippen molar-refractivity contribution in [3.63, 3.8) is 0 Å².